The molecule has 0 bridgehead atoms. The Kier molecular flexibility index (Phi) is 9.05. The van der Waals surface area contributed by atoms with Crippen molar-refractivity contribution in [3.8, 4) is 0 Å². The van der Waals surface area contributed by atoms with E-state index in [2.05, 4.69) is 17.2 Å². The van der Waals surface area contributed by atoms with E-state index in [0.717, 1.165) is 21.6 Å². The Balaban J connectivity index is 1.77. The number of hydrogen-bond acceptors (Lipinski definition) is 4. The molecule has 1 unspecified atom stereocenters. The van der Waals surface area contributed by atoms with Gasteiger partial charge in [-0.25, -0.2) is 0 Å². The van der Waals surface area contributed by atoms with Gasteiger partial charge in [0.1, 0.15) is 0 Å². The van der Waals surface area contributed by atoms with Crippen LogP contribution in [0.1, 0.15) is 22.7 Å². The molecular weight excluding hydrogens is 551 g/mol. The van der Waals surface area contributed by atoms with Gasteiger partial charge in [-0.2, -0.15) is 0 Å². The molecule has 0 heterocycles. The molecule has 0 aromatic heterocycles. The van der Waals surface area contributed by atoms with E-state index in [4.69, 9.17) is 0 Å². The molecular formula is C29H28N2O2S2Se. The van der Waals surface area contributed by atoms with Gasteiger partial charge in [0.2, 0.25) is 0 Å². The van der Waals surface area contributed by atoms with Crippen LogP contribution in [-0.2, 0) is 10.0 Å². The maximum absolute atomic E-state index is 14.0. The van der Waals surface area contributed by atoms with Gasteiger partial charge in [0.15, 0.2) is 0 Å². The number of benzene rings is 4. The van der Waals surface area contributed by atoms with Crippen molar-refractivity contribution in [3.63, 3.8) is 0 Å². The third-order valence-corrected chi connectivity index (χ3v) is 10.3. The molecule has 0 radical (unpaired) electrons. The molecule has 0 saturated heterocycles. The van der Waals surface area contributed by atoms with Crippen LogP contribution in [0.2, 0.25) is 5.32 Å². The molecule has 0 aliphatic heterocycles. The molecule has 7 heteroatoms. The van der Waals surface area contributed by atoms with Crippen LogP contribution in [0.4, 0.5) is 0 Å². The molecule has 4 aromatic rings. The van der Waals surface area contributed by atoms with E-state index >= 15 is 0 Å². The first kappa shape index (κ1) is 26.2. The van der Waals surface area contributed by atoms with Crippen molar-refractivity contribution in [2.45, 2.75) is 28.1 Å². The second kappa shape index (κ2) is 12.4. The second-order valence-corrected chi connectivity index (χ2v) is 13.1. The summed E-state index contributed by atoms with van der Waals surface area (Å²) in [6.45, 7) is 1.94. The van der Waals surface area contributed by atoms with E-state index in [-0.39, 0.29) is 19.9 Å². The van der Waals surface area contributed by atoms with Gasteiger partial charge < -0.3 is 0 Å². The summed E-state index contributed by atoms with van der Waals surface area (Å²) in [5.74, 6) is 0. The van der Waals surface area contributed by atoms with Gasteiger partial charge in [-0.15, -0.1) is 0 Å². The normalized spacial score (nSPS) is 12.5. The third-order valence-electron chi connectivity index (χ3n) is 5.60. The van der Waals surface area contributed by atoms with Gasteiger partial charge in [-0.1, -0.05) is 0 Å². The van der Waals surface area contributed by atoms with Crippen LogP contribution < -0.4 is 4.46 Å². The average molecular weight is 580 g/mol. The molecule has 0 N–H and O–H groups in total. The molecule has 0 saturated carbocycles. The molecule has 4 aromatic carbocycles. The molecule has 0 aliphatic rings. The molecule has 4 nitrogen and oxygen atoms in total. The number of sulfonamides is 1. The van der Waals surface area contributed by atoms with Crippen LogP contribution in [-0.4, -0.2) is 40.3 Å². The third kappa shape index (κ3) is 6.68. The Morgan fingerprint density at radius 2 is 1.47 bits per heavy atom. The van der Waals surface area contributed by atoms with Crippen LogP contribution in [0.15, 0.2) is 124 Å². The molecule has 1 atom stereocenters. The maximum atomic E-state index is 14.0. The topological polar surface area (TPSA) is 49.7 Å². The zero-order chi connectivity index (χ0) is 25.4. The van der Waals surface area contributed by atoms with E-state index in [1.807, 2.05) is 98.1 Å². The Bertz CT molecular complexity index is 1380. The van der Waals surface area contributed by atoms with Crippen molar-refractivity contribution in [1.29, 1.82) is 0 Å². The first-order valence-corrected chi connectivity index (χ1v) is 16.2. The number of hydrogen-bond donors (Lipinski definition) is 0. The van der Waals surface area contributed by atoms with Crippen LogP contribution in [0.3, 0.4) is 0 Å². The number of aryl methyl sites for hydroxylation is 1. The predicted octanol–water partition coefficient (Wildman–Crippen LogP) is 5.93. The van der Waals surface area contributed by atoms with Gasteiger partial charge in [0.25, 0.3) is 0 Å². The number of hydrazone groups is 1. The summed E-state index contributed by atoms with van der Waals surface area (Å²) >= 11 is 1.72. The van der Waals surface area contributed by atoms with E-state index in [1.165, 1.54) is 8.88 Å². The number of nitrogens with zero attached hydrogens (tertiary/aromatic N) is 2. The predicted molar refractivity (Wildman–Crippen MR) is 152 cm³/mol. The molecule has 184 valence electrons. The summed E-state index contributed by atoms with van der Waals surface area (Å²) in [6.07, 6.45) is 3.67. The fourth-order valence-corrected chi connectivity index (χ4v) is 7.78. The van der Waals surface area contributed by atoms with Gasteiger partial charge in [0, 0.05) is 0 Å². The number of thioether (sulfide) groups is 1. The fourth-order valence-electron chi connectivity index (χ4n) is 3.60. The summed E-state index contributed by atoms with van der Waals surface area (Å²) in [5.41, 5.74) is 2.77. The molecule has 0 amide bonds. The summed E-state index contributed by atoms with van der Waals surface area (Å²) in [7, 11) is -3.91. The summed E-state index contributed by atoms with van der Waals surface area (Å²) < 4.78 is 30.5. The average Bonchev–Trinajstić information content (AvgIpc) is 2.92. The van der Waals surface area contributed by atoms with Gasteiger partial charge >= 0.3 is 226 Å². The fraction of sp³-hybridized carbons (Fsp3) is 0.138. The van der Waals surface area contributed by atoms with Crippen LogP contribution in [0, 0.1) is 6.92 Å². The molecule has 0 aliphatic carbocycles. The summed E-state index contributed by atoms with van der Waals surface area (Å²) in [4.78, 5) is 1.38. The Morgan fingerprint density at radius 3 is 2.08 bits per heavy atom. The van der Waals surface area contributed by atoms with Gasteiger partial charge in [0.05, 0.1) is 0 Å². The second-order valence-electron chi connectivity index (χ2n) is 8.16. The minimum absolute atomic E-state index is 0.0539. The molecule has 0 spiro atoms. The zero-order valence-electron chi connectivity index (χ0n) is 20.2. The van der Waals surface area contributed by atoms with E-state index in [9.17, 15) is 8.42 Å². The first-order chi connectivity index (χ1) is 17.5. The summed E-state index contributed by atoms with van der Waals surface area (Å²) in [5, 5.41) is 5.28. The summed E-state index contributed by atoms with van der Waals surface area (Å²) in [6, 6.07) is 34.5. The van der Waals surface area contributed by atoms with Gasteiger partial charge in [-0.05, 0) is 0 Å². The van der Waals surface area contributed by atoms with Crippen molar-refractivity contribution >= 4 is 47.4 Å². The van der Waals surface area contributed by atoms with Crippen LogP contribution >= 0.6 is 11.8 Å². The number of rotatable bonds is 10. The zero-order valence-corrected chi connectivity index (χ0v) is 23.5. The van der Waals surface area contributed by atoms with Gasteiger partial charge in [-0.3, -0.25) is 0 Å². The van der Waals surface area contributed by atoms with Crippen LogP contribution in [0.25, 0.3) is 0 Å². The quantitative estimate of drug-likeness (QED) is 0.101. The van der Waals surface area contributed by atoms with Crippen molar-refractivity contribution in [1.82, 2.24) is 4.41 Å². The first-order valence-electron chi connectivity index (χ1n) is 11.5. The van der Waals surface area contributed by atoms with E-state index in [1.54, 1.807) is 30.1 Å². The Labute approximate surface area is 224 Å². The van der Waals surface area contributed by atoms with Crippen molar-refractivity contribution in [2.75, 3.05) is 6.26 Å². The van der Waals surface area contributed by atoms with Crippen molar-refractivity contribution in [3.05, 3.63) is 126 Å². The monoisotopic (exact) mass is 580 g/mol. The molecule has 4 rings (SSSR count). The van der Waals surface area contributed by atoms with Crippen molar-refractivity contribution in [2.24, 2.45) is 5.10 Å². The Hall–Kier alpha value is -2.83. The SMILES string of the molecule is CSc1ccc(C=NN(C(C[Se]c2ccccc2)c2ccccc2)S(=O)(=O)c2ccc(C)cc2)cc1. The van der Waals surface area contributed by atoms with Crippen molar-refractivity contribution < 1.29 is 8.42 Å². The molecule has 36 heavy (non-hydrogen) atoms. The Morgan fingerprint density at radius 1 is 0.861 bits per heavy atom. The standard InChI is InChI=1S/C29H28N2O2S2Se/c1-23-13-19-27(20-14-23)35(32,33)31(30-21-24-15-17-26(34-2)18-16-24)29(25-9-5-3-6-10-25)22-36-28-11-7-4-8-12-28/h3-21,29H,22H2,1-2H3. The molecule has 0 fully saturated rings. The van der Waals surface area contributed by atoms with E-state index in [0.29, 0.717) is 5.32 Å². The minimum atomic E-state index is -3.91. The van der Waals surface area contributed by atoms with Crippen LogP contribution in [0.5, 0.6) is 0 Å². The van der Waals surface area contributed by atoms with E-state index < -0.39 is 16.1 Å².